The molecule has 9 aromatic carbocycles. The number of hydrogen-bond donors (Lipinski definition) is 0. The second kappa shape index (κ2) is 14.7. The van der Waals surface area contributed by atoms with E-state index in [0.29, 0.717) is 0 Å². The van der Waals surface area contributed by atoms with Crippen LogP contribution in [-0.4, -0.2) is 15.0 Å². The Morgan fingerprint density at radius 1 is 0.255 bits per heavy atom. The average Bonchev–Trinajstić information content (AvgIpc) is 3.27. The maximum absolute atomic E-state index is 4.53. The van der Waals surface area contributed by atoms with Crippen molar-refractivity contribution in [2.24, 2.45) is 0 Å². The Balaban J connectivity index is 0.000000107. The first-order valence-corrected chi connectivity index (χ1v) is 18.0. The molecule has 0 spiro atoms. The summed E-state index contributed by atoms with van der Waals surface area (Å²) in [6, 6.07) is 66.1. The van der Waals surface area contributed by atoms with Gasteiger partial charge in [0.2, 0.25) is 0 Å². The van der Waals surface area contributed by atoms with Gasteiger partial charge >= 0.3 is 20.1 Å². The smallest absolute Gasteiger partial charge is 0.304 e. The van der Waals surface area contributed by atoms with Crippen LogP contribution in [0.2, 0.25) is 0 Å². The van der Waals surface area contributed by atoms with E-state index in [1.54, 1.807) is 0 Å². The van der Waals surface area contributed by atoms with E-state index >= 15 is 0 Å². The molecule has 12 rings (SSSR count). The molecule has 0 saturated carbocycles. The fourth-order valence-electron chi connectivity index (χ4n) is 7.90. The summed E-state index contributed by atoms with van der Waals surface area (Å²) >= 11 is 0. The number of aromatic nitrogens is 3. The van der Waals surface area contributed by atoms with Crippen molar-refractivity contribution < 1.29 is 20.1 Å². The quantitative estimate of drug-likeness (QED) is 0.113. The molecule has 3 nitrogen and oxygen atoms in total. The van der Waals surface area contributed by atoms with Gasteiger partial charge in [-0.25, -0.2) is 0 Å². The van der Waals surface area contributed by atoms with Gasteiger partial charge in [0.15, 0.2) is 0 Å². The van der Waals surface area contributed by atoms with Crippen LogP contribution in [0.4, 0.5) is 0 Å². The van der Waals surface area contributed by atoms with Crippen LogP contribution in [0.15, 0.2) is 182 Å². The maximum atomic E-state index is 4.53. The molecule has 0 radical (unpaired) electrons. The summed E-state index contributed by atoms with van der Waals surface area (Å²) < 4.78 is 0. The first-order chi connectivity index (χ1) is 26.8. The number of fused-ring (bicyclic) bond motifs is 18. The van der Waals surface area contributed by atoms with Crippen molar-refractivity contribution in [3.63, 3.8) is 0 Å². The van der Waals surface area contributed by atoms with E-state index in [9.17, 15) is 0 Å². The molecule has 0 aliphatic heterocycles. The first-order valence-electron chi connectivity index (χ1n) is 18.0. The number of nitrogens with zero attached hydrogens (tertiary/aromatic N) is 3. The fraction of sp³-hybridized carbons (Fsp3) is 0. The van der Waals surface area contributed by atoms with Crippen molar-refractivity contribution in [3.05, 3.63) is 201 Å². The van der Waals surface area contributed by atoms with Gasteiger partial charge in [0.25, 0.3) is 0 Å². The molecule has 0 saturated heterocycles. The molecule has 3 heterocycles. The Kier molecular flexibility index (Phi) is 9.13. The number of rotatable bonds is 0. The van der Waals surface area contributed by atoms with Gasteiger partial charge in [0.1, 0.15) is 0 Å². The van der Waals surface area contributed by atoms with Gasteiger partial charge in [-0.05, 0) is 67.1 Å². The van der Waals surface area contributed by atoms with E-state index in [-0.39, 0.29) is 20.1 Å². The molecule has 12 aromatic rings. The van der Waals surface area contributed by atoms with E-state index in [4.69, 9.17) is 0 Å². The first kappa shape index (κ1) is 34.2. The van der Waals surface area contributed by atoms with Gasteiger partial charge in [0, 0.05) is 18.6 Å². The van der Waals surface area contributed by atoms with E-state index in [0.717, 1.165) is 32.7 Å². The third-order valence-electron chi connectivity index (χ3n) is 10.2. The third kappa shape index (κ3) is 5.93. The van der Waals surface area contributed by atoms with E-state index in [1.807, 2.05) is 73.2 Å². The largest absolute Gasteiger partial charge is 3.00 e. The van der Waals surface area contributed by atoms with Crippen molar-refractivity contribution >= 4 is 97.3 Å². The van der Waals surface area contributed by atoms with Crippen LogP contribution >= 0.6 is 0 Å². The summed E-state index contributed by atoms with van der Waals surface area (Å²) in [5.41, 5.74) is 3.10. The Bertz CT molecular complexity index is 2340. The zero-order valence-electron chi connectivity index (χ0n) is 29.5. The fourth-order valence-corrected chi connectivity index (χ4v) is 7.90. The molecule has 0 fully saturated rings. The van der Waals surface area contributed by atoms with Gasteiger partial charge in [-0.3, -0.25) is 0 Å². The van der Waals surface area contributed by atoms with Gasteiger partial charge in [-0.1, -0.05) is 123 Å². The second-order valence-corrected chi connectivity index (χ2v) is 13.2. The Labute approximate surface area is 331 Å². The number of hydrogen-bond acceptors (Lipinski definition) is 3. The molecule has 0 aliphatic carbocycles. The summed E-state index contributed by atoms with van der Waals surface area (Å²) in [7, 11) is 0. The van der Waals surface area contributed by atoms with Crippen LogP contribution in [0.3, 0.4) is 0 Å². The summed E-state index contributed by atoms with van der Waals surface area (Å²) in [5.74, 6) is 0. The van der Waals surface area contributed by atoms with Crippen LogP contribution < -0.4 is 0 Å². The molecule has 258 valence electrons. The summed E-state index contributed by atoms with van der Waals surface area (Å²) in [4.78, 5) is 13.6. The monoisotopic (exact) mass is 877 g/mol. The van der Waals surface area contributed by atoms with Crippen LogP contribution in [0.1, 0.15) is 0 Å². The maximum Gasteiger partial charge on any atom is 3.00 e. The van der Waals surface area contributed by atoms with Crippen molar-refractivity contribution in [1.82, 2.24) is 15.0 Å². The minimum atomic E-state index is 0. The van der Waals surface area contributed by atoms with E-state index in [1.165, 1.54) is 64.6 Å². The van der Waals surface area contributed by atoms with Crippen molar-refractivity contribution in [1.29, 1.82) is 0 Å². The predicted molar refractivity (Wildman–Crippen MR) is 227 cm³/mol. The molecule has 0 aliphatic rings. The average molecular weight is 877 g/mol. The van der Waals surface area contributed by atoms with Crippen LogP contribution in [0.5, 0.6) is 0 Å². The molecule has 0 atom stereocenters. The Morgan fingerprint density at radius 3 is 0.782 bits per heavy atom. The molecule has 0 unspecified atom stereocenters. The Hall–Kier alpha value is -6.58. The molecule has 0 N–H and O–H groups in total. The number of pyridine rings is 3. The minimum Gasteiger partial charge on any atom is -0.304 e. The SMILES string of the molecule is [Ir+3].[c-]1cccc2c1c1ncccc1c1ccccc21.[c-]1cccc2c1c1ncccc1c1ccccc21.[c-]1cccc2c1c1ncccc1c1ccccc21. The van der Waals surface area contributed by atoms with Gasteiger partial charge in [-0.2, -0.15) is 0 Å². The molecular formula is C51H30IrN3. The normalized spacial score (nSPS) is 11.1. The molecule has 55 heavy (non-hydrogen) atoms. The zero-order valence-corrected chi connectivity index (χ0v) is 31.9. The summed E-state index contributed by atoms with van der Waals surface area (Å²) in [6.07, 6.45) is 5.53. The molecule has 0 bridgehead atoms. The van der Waals surface area contributed by atoms with Gasteiger partial charge in [0.05, 0.1) is 0 Å². The van der Waals surface area contributed by atoms with Crippen molar-refractivity contribution in [2.45, 2.75) is 0 Å². The van der Waals surface area contributed by atoms with E-state index < -0.39 is 0 Å². The molecule has 4 heteroatoms. The van der Waals surface area contributed by atoms with Gasteiger partial charge < -0.3 is 15.0 Å². The minimum absolute atomic E-state index is 0. The van der Waals surface area contributed by atoms with E-state index in [2.05, 4.69) is 142 Å². The molecular weight excluding hydrogens is 847 g/mol. The molecule has 0 amide bonds. The standard InChI is InChI=1S/3C17H10N.Ir/c3*1-2-7-14-12(6-1)13-8-3-4-9-15(13)17-16(14)10-5-11-18-17;/h3*1-8,10-11H;/q3*-1;+3. The summed E-state index contributed by atoms with van der Waals surface area (Å²) in [6.45, 7) is 0. The summed E-state index contributed by atoms with van der Waals surface area (Å²) in [5, 5.41) is 18.1. The van der Waals surface area contributed by atoms with Crippen molar-refractivity contribution in [2.75, 3.05) is 0 Å². The number of benzene rings is 9. The van der Waals surface area contributed by atoms with Crippen LogP contribution in [0.25, 0.3) is 97.3 Å². The van der Waals surface area contributed by atoms with Crippen LogP contribution in [0, 0.1) is 18.2 Å². The third-order valence-corrected chi connectivity index (χ3v) is 10.2. The Morgan fingerprint density at radius 2 is 0.491 bits per heavy atom. The van der Waals surface area contributed by atoms with Gasteiger partial charge in [-0.15, -0.1) is 89.0 Å². The topological polar surface area (TPSA) is 38.7 Å². The zero-order chi connectivity index (χ0) is 35.8. The van der Waals surface area contributed by atoms with Crippen molar-refractivity contribution in [3.8, 4) is 0 Å². The molecule has 3 aromatic heterocycles. The van der Waals surface area contributed by atoms with Crippen LogP contribution in [-0.2, 0) is 20.1 Å². The predicted octanol–water partition coefficient (Wildman–Crippen LogP) is 13.0. The second-order valence-electron chi connectivity index (χ2n) is 13.2.